The van der Waals surface area contributed by atoms with Crippen molar-refractivity contribution in [3.8, 4) is 0 Å². The number of methoxy groups -OCH3 is 1. The molecule has 130 valence electrons. The van der Waals surface area contributed by atoms with Gasteiger partial charge in [0.15, 0.2) is 0 Å². The van der Waals surface area contributed by atoms with Crippen LogP contribution in [0.5, 0.6) is 0 Å². The fourth-order valence-electron chi connectivity index (χ4n) is 3.87. The SMILES string of the molecule is CNC(=O)[C@]12CCOC[C@H]1CN(C(=O)c1cccc(COC)c1)C2. The molecule has 0 radical (unpaired) electrons. The minimum atomic E-state index is -0.521. The normalized spacial score (nSPS) is 26.1. The van der Waals surface area contributed by atoms with Crippen LogP contribution < -0.4 is 5.32 Å². The molecular weight excluding hydrogens is 308 g/mol. The molecule has 1 aromatic carbocycles. The Morgan fingerprint density at radius 3 is 3.04 bits per heavy atom. The highest BCUT2D eigenvalue weighted by Gasteiger charge is 2.54. The molecule has 1 N–H and O–H groups in total. The first kappa shape index (κ1) is 16.9. The van der Waals surface area contributed by atoms with Crippen molar-refractivity contribution in [2.45, 2.75) is 13.0 Å². The second kappa shape index (κ2) is 6.91. The van der Waals surface area contributed by atoms with Crippen molar-refractivity contribution in [3.63, 3.8) is 0 Å². The predicted molar refractivity (Wildman–Crippen MR) is 88.5 cm³/mol. The van der Waals surface area contributed by atoms with E-state index < -0.39 is 5.41 Å². The minimum absolute atomic E-state index is 0.0132. The van der Waals surface area contributed by atoms with E-state index in [-0.39, 0.29) is 17.7 Å². The zero-order valence-corrected chi connectivity index (χ0v) is 14.2. The number of carbonyl (C=O) groups is 2. The van der Waals surface area contributed by atoms with Gasteiger partial charge in [-0.05, 0) is 24.1 Å². The van der Waals surface area contributed by atoms with E-state index in [4.69, 9.17) is 9.47 Å². The van der Waals surface area contributed by atoms with Crippen LogP contribution in [0.25, 0.3) is 0 Å². The molecule has 2 aliphatic heterocycles. The Labute approximate surface area is 142 Å². The zero-order valence-electron chi connectivity index (χ0n) is 14.2. The van der Waals surface area contributed by atoms with Crippen molar-refractivity contribution in [2.24, 2.45) is 11.3 Å². The molecule has 0 saturated carbocycles. The monoisotopic (exact) mass is 332 g/mol. The molecule has 0 unspecified atom stereocenters. The molecule has 6 nitrogen and oxygen atoms in total. The van der Waals surface area contributed by atoms with Crippen molar-refractivity contribution >= 4 is 11.8 Å². The van der Waals surface area contributed by atoms with E-state index in [0.717, 1.165) is 5.56 Å². The number of hydrogen-bond acceptors (Lipinski definition) is 4. The van der Waals surface area contributed by atoms with E-state index in [1.54, 1.807) is 19.1 Å². The second-order valence-electron chi connectivity index (χ2n) is 6.58. The van der Waals surface area contributed by atoms with Gasteiger partial charge in [-0.2, -0.15) is 0 Å². The Kier molecular flexibility index (Phi) is 4.87. The van der Waals surface area contributed by atoms with Crippen LogP contribution in [-0.2, 0) is 20.9 Å². The molecule has 3 rings (SSSR count). The van der Waals surface area contributed by atoms with E-state index >= 15 is 0 Å². The van der Waals surface area contributed by atoms with Gasteiger partial charge in [0.1, 0.15) is 0 Å². The van der Waals surface area contributed by atoms with Crippen LogP contribution in [0, 0.1) is 11.3 Å². The molecular formula is C18H24N2O4. The van der Waals surface area contributed by atoms with E-state index in [0.29, 0.717) is 44.9 Å². The Morgan fingerprint density at radius 2 is 2.29 bits per heavy atom. The van der Waals surface area contributed by atoms with Gasteiger partial charge < -0.3 is 19.7 Å². The third-order valence-electron chi connectivity index (χ3n) is 5.16. The summed E-state index contributed by atoms with van der Waals surface area (Å²) in [6.45, 7) is 2.57. The van der Waals surface area contributed by atoms with E-state index in [1.165, 1.54) is 0 Å². The lowest BCUT2D eigenvalue weighted by Gasteiger charge is -2.36. The van der Waals surface area contributed by atoms with Crippen molar-refractivity contribution in [1.29, 1.82) is 0 Å². The number of ether oxygens (including phenoxy) is 2. The maximum atomic E-state index is 12.9. The highest BCUT2D eigenvalue weighted by Crippen LogP contribution is 2.42. The van der Waals surface area contributed by atoms with Gasteiger partial charge in [-0.3, -0.25) is 9.59 Å². The fourth-order valence-corrected chi connectivity index (χ4v) is 3.87. The topological polar surface area (TPSA) is 67.9 Å². The van der Waals surface area contributed by atoms with Crippen LogP contribution in [0.1, 0.15) is 22.3 Å². The van der Waals surface area contributed by atoms with Crippen molar-refractivity contribution < 1.29 is 19.1 Å². The number of benzene rings is 1. The number of carbonyl (C=O) groups excluding carboxylic acids is 2. The maximum Gasteiger partial charge on any atom is 0.253 e. The van der Waals surface area contributed by atoms with Crippen molar-refractivity contribution in [1.82, 2.24) is 10.2 Å². The summed E-state index contributed by atoms with van der Waals surface area (Å²) in [6, 6.07) is 7.47. The quantitative estimate of drug-likeness (QED) is 0.895. The van der Waals surface area contributed by atoms with Crippen molar-refractivity contribution in [3.05, 3.63) is 35.4 Å². The van der Waals surface area contributed by atoms with Gasteiger partial charge in [-0.15, -0.1) is 0 Å². The predicted octanol–water partition coefficient (Wildman–Crippen LogP) is 1.06. The molecule has 0 bridgehead atoms. The van der Waals surface area contributed by atoms with Gasteiger partial charge in [0.05, 0.1) is 18.6 Å². The maximum absolute atomic E-state index is 12.9. The number of rotatable bonds is 4. The fraction of sp³-hybridized carbons (Fsp3) is 0.556. The summed E-state index contributed by atoms with van der Waals surface area (Å²) in [7, 11) is 3.29. The average molecular weight is 332 g/mol. The van der Waals surface area contributed by atoms with E-state index in [2.05, 4.69) is 5.32 Å². The smallest absolute Gasteiger partial charge is 0.253 e. The molecule has 2 heterocycles. The molecule has 0 spiro atoms. The van der Waals surface area contributed by atoms with Crippen LogP contribution in [0.3, 0.4) is 0 Å². The lowest BCUT2D eigenvalue weighted by atomic mass is 9.73. The molecule has 2 atom stereocenters. The Balaban J connectivity index is 1.82. The number of fused-ring (bicyclic) bond motifs is 1. The van der Waals surface area contributed by atoms with Gasteiger partial charge in [0.25, 0.3) is 5.91 Å². The lowest BCUT2D eigenvalue weighted by Crippen LogP contribution is -2.49. The molecule has 6 heteroatoms. The number of likely N-dealkylation sites (tertiary alicyclic amines) is 1. The van der Waals surface area contributed by atoms with Crippen molar-refractivity contribution in [2.75, 3.05) is 40.5 Å². The van der Waals surface area contributed by atoms with E-state index in [1.807, 2.05) is 24.3 Å². The molecule has 2 saturated heterocycles. The first-order chi connectivity index (χ1) is 11.6. The number of hydrogen-bond donors (Lipinski definition) is 1. The zero-order chi connectivity index (χ0) is 17.2. The summed E-state index contributed by atoms with van der Waals surface area (Å²) in [5.41, 5.74) is 1.08. The Morgan fingerprint density at radius 1 is 1.46 bits per heavy atom. The molecule has 0 aliphatic carbocycles. The summed E-state index contributed by atoms with van der Waals surface area (Å²) in [6.07, 6.45) is 0.658. The average Bonchev–Trinajstić information content (AvgIpc) is 3.01. The van der Waals surface area contributed by atoms with Gasteiger partial charge in [0, 0.05) is 45.3 Å². The minimum Gasteiger partial charge on any atom is -0.381 e. The number of nitrogens with zero attached hydrogens (tertiary/aromatic N) is 1. The first-order valence-electron chi connectivity index (χ1n) is 8.28. The molecule has 1 aromatic rings. The van der Waals surface area contributed by atoms with Crippen LogP contribution in [0.15, 0.2) is 24.3 Å². The third-order valence-corrected chi connectivity index (χ3v) is 5.16. The molecule has 24 heavy (non-hydrogen) atoms. The first-order valence-corrected chi connectivity index (χ1v) is 8.28. The molecule has 2 aliphatic rings. The van der Waals surface area contributed by atoms with Crippen LogP contribution in [0.4, 0.5) is 0 Å². The Hall–Kier alpha value is -1.92. The summed E-state index contributed by atoms with van der Waals surface area (Å²) in [4.78, 5) is 27.2. The third kappa shape index (κ3) is 2.91. The highest BCUT2D eigenvalue weighted by molar-refractivity contribution is 5.95. The summed E-state index contributed by atoms with van der Waals surface area (Å²) < 4.78 is 10.7. The summed E-state index contributed by atoms with van der Waals surface area (Å²) in [5.74, 6) is 0.0298. The van der Waals surface area contributed by atoms with Gasteiger partial charge in [-0.25, -0.2) is 0 Å². The number of amides is 2. The molecule has 2 amide bonds. The van der Waals surface area contributed by atoms with Gasteiger partial charge >= 0.3 is 0 Å². The second-order valence-corrected chi connectivity index (χ2v) is 6.58. The molecule has 2 fully saturated rings. The van der Waals surface area contributed by atoms with Crippen LogP contribution in [-0.4, -0.2) is 57.2 Å². The van der Waals surface area contributed by atoms with Crippen LogP contribution >= 0.6 is 0 Å². The molecule has 0 aromatic heterocycles. The number of nitrogens with one attached hydrogen (secondary N) is 1. The van der Waals surface area contributed by atoms with E-state index in [9.17, 15) is 9.59 Å². The summed E-state index contributed by atoms with van der Waals surface area (Å²) in [5, 5.41) is 2.77. The highest BCUT2D eigenvalue weighted by atomic mass is 16.5. The lowest BCUT2D eigenvalue weighted by molar-refractivity contribution is -0.138. The van der Waals surface area contributed by atoms with Gasteiger partial charge in [-0.1, -0.05) is 12.1 Å². The summed E-state index contributed by atoms with van der Waals surface area (Å²) >= 11 is 0. The standard InChI is InChI=1S/C18H24N2O4/c1-19-17(22)18-6-7-24-11-15(18)9-20(12-18)16(21)14-5-3-4-13(8-14)10-23-2/h3-5,8,15H,6-7,9-12H2,1-2H3,(H,19,22)/t15-,18+/m1/s1. The van der Waals surface area contributed by atoms with Crippen LogP contribution in [0.2, 0.25) is 0 Å². The van der Waals surface area contributed by atoms with Gasteiger partial charge in [0.2, 0.25) is 5.91 Å². The Bertz CT molecular complexity index is 633. The largest absolute Gasteiger partial charge is 0.381 e.